The van der Waals surface area contributed by atoms with E-state index in [-0.39, 0.29) is 12.4 Å². The van der Waals surface area contributed by atoms with Gasteiger partial charge >= 0.3 is 6.36 Å². The summed E-state index contributed by atoms with van der Waals surface area (Å²) in [5.41, 5.74) is 1.22. The third-order valence-corrected chi connectivity index (χ3v) is 2.19. The topological polar surface area (TPSA) is 35.5 Å². The van der Waals surface area contributed by atoms with Gasteiger partial charge in [0.1, 0.15) is 12.4 Å². The zero-order valence-electron chi connectivity index (χ0n) is 10.0. The van der Waals surface area contributed by atoms with Crippen molar-refractivity contribution in [1.29, 1.82) is 0 Å². The highest BCUT2D eigenvalue weighted by Crippen LogP contribution is 2.20. The molecule has 0 aliphatic carbocycles. The minimum Gasteiger partial charge on any atom is -0.491 e. The predicted molar refractivity (Wildman–Crippen MR) is 58.7 cm³/mol. The standard InChI is InChI=1S/C12H13F3O3/c1-8-7-10(9(2)16)3-4-11(8)17-5-6-18-12(13,14)15/h3-4,7H,5-6H2,1-2H3. The zero-order valence-corrected chi connectivity index (χ0v) is 10.0. The van der Waals surface area contributed by atoms with Gasteiger partial charge in [0.05, 0.1) is 6.61 Å². The van der Waals surface area contributed by atoms with Crippen molar-refractivity contribution in [1.82, 2.24) is 0 Å². The molecule has 0 N–H and O–H groups in total. The Balaban J connectivity index is 2.51. The third kappa shape index (κ3) is 4.75. The number of hydrogen-bond donors (Lipinski definition) is 0. The number of alkyl halides is 3. The first-order chi connectivity index (χ1) is 8.29. The average Bonchev–Trinajstić information content (AvgIpc) is 2.24. The molecule has 0 heterocycles. The van der Waals surface area contributed by atoms with E-state index in [1.54, 1.807) is 25.1 Å². The number of ketones is 1. The van der Waals surface area contributed by atoms with Crippen molar-refractivity contribution < 1.29 is 27.4 Å². The number of halogens is 3. The first-order valence-electron chi connectivity index (χ1n) is 5.24. The van der Waals surface area contributed by atoms with Crippen LogP contribution in [0.2, 0.25) is 0 Å². The van der Waals surface area contributed by atoms with Crippen molar-refractivity contribution in [3.63, 3.8) is 0 Å². The number of carbonyl (C=O) groups excluding carboxylic acids is 1. The lowest BCUT2D eigenvalue weighted by molar-refractivity contribution is -0.325. The summed E-state index contributed by atoms with van der Waals surface area (Å²) in [7, 11) is 0. The molecule has 1 aromatic carbocycles. The number of ether oxygens (including phenoxy) is 2. The van der Waals surface area contributed by atoms with Crippen LogP contribution in [0.4, 0.5) is 13.2 Å². The molecule has 0 amide bonds. The molecular formula is C12H13F3O3. The van der Waals surface area contributed by atoms with Crippen LogP contribution in [0, 0.1) is 6.92 Å². The summed E-state index contributed by atoms with van der Waals surface area (Å²) < 4.78 is 43.8. The van der Waals surface area contributed by atoms with Gasteiger partial charge in [0, 0.05) is 5.56 Å². The Bertz CT molecular complexity index is 427. The predicted octanol–water partition coefficient (Wildman–Crippen LogP) is 3.11. The lowest BCUT2D eigenvalue weighted by atomic mass is 10.1. The van der Waals surface area contributed by atoms with Crippen molar-refractivity contribution in [3.8, 4) is 5.75 Å². The van der Waals surface area contributed by atoms with Crippen LogP contribution in [0.5, 0.6) is 5.75 Å². The summed E-state index contributed by atoms with van der Waals surface area (Å²) in [6.45, 7) is 2.37. The van der Waals surface area contributed by atoms with Gasteiger partial charge in [0.15, 0.2) is 5.78 Å². The average molecular weight is 262 g/mol. The van der Waals surface area contributed by atoms with Crippen molar-refractivity contribution in [2.24, 2.45) is 0 Å². The summed E-state index contributed by atoms with van der Waals surface area (Å²) >= 11 is 0. The monoisotopic (exact) mass is 262 g/mol. The molecule has 1 rings (SSSR count). The number of carbonyl (C=O) groups is 1. The van der Waals surface area contributed by atoms with Crippen LogP contribution in [0.1, 0.15) is 22.8 Å². The maximum Gasteiger partial charge on any atom is 0.522 e. The van der Waals surface area contributed by atoms with Crippen LogP contribution < -0.4 is 4.74 Å². The molecule has 0 unspecified atom stereocenters. The van der Waals surface area contributed by atoms with Crippen LogP contribution in [-0.2, 0) is 4.74 Å². The molecule has 0 aliphatic heterocycles. The summed E-state index contributed by atoms with van der Waals surface area (Å²) in [5.74, 6) is 0.357. The van der Waals surface area contributed by atoms with Gasteiger partial charge in [-0.05, 0) is 37.6 Å². The van der Waals surface area contributed by atoms with Crippen molar-refractivity contribution >= 4 is 5.78 Å². The largest absolute Gasteiger partial charge is 0.522 e. The number of aryl methyl sites for hydroxylation is 1. The molecule has 3 nitrogen and oxygen atoms in total. The highest BCUT2D eigenvalue weighted by Gasteiger charge is 2.28. The fraction of sp³-hybridized carbons (Fsp3) is 0.417. The van der Waals surface area contributed by atoms with Gasteiger partial charge in [0.25, 0.3) is 0 Å². The fourth-order valence-corrected chi connectivity index (χ4v) is 1.34. The Morgan fingerprint density at radius 1 is 1.28 bits per heavy atom. The van der Waals surface area contributed by atoms with Crippen molar-refractivity contribution in [2.75, 3.05) is 13.2 Å². The quantitative estimate of drug-likeness (QED) is 0.604. The Kier molecular flexibility index (Phi) is 4.72. The molecule has 0 saturated carbocycles. The molecule has 0 saturated heterocycles. The molecule has 18 heavy (non-hydrogen) atoms. The summed E-state index contributed by atoms with van der Waals surface area (Å²) in [4.78, 5) is 11.1. The van der Waals surface area contributed by atoms with Gasteiger partial charge in [-0.3, -0.25) is 9.53 Å². The number of hydrogen-bond acceptors (Lipinski definition) is 3. The van der Waals surface area contributed by atoms with Crippen molar-refractivity contribution in [2.45, 2.75) is 20.2 Å². The van der Waals surface area contributed by atoms with Gasteiger partial charge in [-0.1, -0.05) is 0 Å². The van der Waals surface area contributed by atoms with Crippen LogP contribution in [0.15, 0.2) is 18.2 Å². The lowest BCUT2D eigenvalue weighted by Crippen LogP contribution is -2.18. The van der Waals surface area contributed by atoms with Crippen LogP contribution in [0.3, 0.4) is 0 Å². The molecule has 6 heteroatoms. The smallest absolute Gasteiger partial charge is 0.491 e. The first-order valence-corrected chi connectivity index (χ1v) is 5.24. The molecule has 0 aromatic heterocycles. The number of Topliss-reactive ketones (excluding diaryl/α,β-unsaturated/α-hetero) is 1. The Labute approximate surface area is 103 Å². The lowest BCUT2D eigenvalue weighted by Gasteiger charge is -2.11. The maximum atomic E-state index is 11.7. The number of rotatable bonds is 5. The Hall–Kier alpha value is -1.56. The van der Waals surface area contributed by atoms with E-state index in [4.69, 9.17) is 4.74 Å². The maximum absolute atomic E-state index is 11.7. The Morgan fingerprint density at radius 3 is 2.44 bits per heavy atom. The van der Waals surface area contributed by atoms with E-state index in [1.807, 2.05) is 0 Å². The SMILES string of the molecule is CC(=O)c1ccc(OCCOC(F)(F)F)c(C)c1. The fourth-order valence-electron chi connectivity index (χ4n) is 1.34. The molecule has 0 aliphatic rings. The second-order valence-corrected chi connectivity index (χ2v) is 3.68. The zero-order chi connectivity index (χ0) is 13.8. The van der Waals surface area contributed by atoms with Crippen LogP contribution in [0.25, 0.3) is 0 Å². The van der Waals surface area contributed by atoms with Gasteiger partial charge < -0.3 is 4.74 Å². The highest BCUT2D eigenvalue weighted by atomic mass is 19.4. The van der Waals surface area contributed by atoms with Crippen LogP contribution in [-0.4, -0.2) is 25.4 Å². The second kappa shape index (κ2) is 5.86. The van der Waals surface area contributed by atoms with Gasteiger partial charge in [-0.25, -0.2) is 0 Å². The van der Waals surface area contributed by atoms with E-state index in [1.165, 1.54) is 6.92 Å². The van der Waals surface area contributed by atoms with E-state index in [0.717, 1.165) is 0 Å². The molecule has 0 fully saturated rings. The molecule has 1 aromatic rings. The normalized spacial score (nSPS) is 11.4. The molecule has 0 bridgehead atoms. The molecule has 100 valence electrons. The second-order valence-electron chi connectivity index (χ2n) is 3.68. The van der Waals surface area contributed by atoms with E-state index in [2.05, 4.69) is 4.74 Å². The third-order valence-electron chi connectivity index (χ3n) is 2.19. The Morgan fingerprint density at radius 2 is 1.94 bits per heavy atom. The minimum atomic E-state index is -4.64. The molecule has 0 spiro atoms. The summed E-state index contributed by atoms with van der Waals surface area (Å²) in [6, 6.07) is 4.75. The first kappa shape index (κ1) is 14.5. The number of benzene rings is 1. The van der Waals surface area contributed by atoms with E-state index < -0.39 is 13.0 Å². The van der Waals surface area contributed by atoms with Crippen molar-refractivity contribution in [3.05, 3.63) is 29.3 Å². The minimum absolute atomic E-state index is 0.0787. The molecule has 0 atom stereocenters. The van der Waals surface area contributed by atoms with E-state index in [0.29, 0.717) is 16.9 Å². The highest BCUT2D eigenvalue weighted by molar-refractivity contribution is 5.94. The van der Waals surface area contributed by atoms with E-state index >= 15 is 0 Å². The molecule has 0 radical (unpaired) electrons. The van der Waals surface area contributed by atoms with E-state index in [9.17, 15) is 18.0 Å². The van der Waals surface area contributed by atoms with Gasteiger partial charge in [-0.2, -0.15) is 0 Å². The van der Waals surface area contributed by atoms with Gasteiger partial charge in [-0.15, -0.1) is 13.2 Å². The summed E-state index contributed by atoms with van der Waals surface area (Å²) in [6.07, 6.45) is -4.64. The van der Waals surface area contributed by atoms with Crippen LogP contribution >= 0.6 is 0 Å². The summed E-state index contributed by atoms with van der Waals surface area (Å²) in [5, 5.41) is 0. The molecular weight excluding hydrogens is 249 g/mol. The van der Waals surface area contributed by atoms with Gasteiger partial charge in [0.2, 0.25) is 0 Å².